The number of nitrogen functional groups attached to an aromatic ring is 1. The normalized spacial score (nSPS) is 11.9. The summed E-state index contributed by atoms with van der Waals surface area (Å²) in [6, 6.07) is 8.20. The third kappa shape index (κ3) is 3.68. The quantitative estimate of drug-likeness (QED) is 0.625. The van der Waals surface area contributed by atoms with Crippen LogP contribution in [0.2, 0.25) is 0 Å². The molecule has 0 amide bonds. The number of hydrogen-bond acceptors (Lipinski definition) is 5. The maximum absolute atomic E-state index is 5.68. The van der Waals surface area contributed by atoms with E-state index >= 15 is 0 Å². The number of rotatable bonds is 6. The Bertz CT molecular complexity index is 525. The third-order valence-electron chi connectivity index (χ3n) is 3.30. The first kappa shape index (κ1) is 14.3. The van der Waals surface area contributed by atoms with Crippen LogP contribution in [-0.2, 0) is 6.61 Å². The molecule has 0 aliphatic rings. The Morgan fingerprint density at radius 3 is 2.50 bits per heavy atom. The fourth-order valence-electron chi connectivity index (χ4n) is 1.79. The van der Waals surface area contributed by atoms with E-state index in [2.05, 4.69) is 41.4 Å². The number of anilines is 1. The zero-order valence-corrected chi connectivity index (χ0v) is 11.8. The van der Waals surface area contributed by atoms with Crippen LogP contribution in [0.3, 0.4) is 0 Å². The van der Waals surface area contributed by atoms with E-state index in [9.17, 15) is 0 Å². The van der Waals surface area contributed by atoms with Crippen molar-refractivity contribution in [3.8, 4) is 5.75 Å². The average molecular weight is 272 g/mol. The van der Waals surface area contributed by atoms with Gasteiger partial charge in [0.25, 0.3) is 0 Å². The number of nitrogens with one attached hydrogen (secondary N) is 1. The van der Waals surface area contributed by atoms with Gasteiger partial charge in [-0.15, -0.1) is 0 Å². The van der Waals surface area contributed by atoms with Crippen molar-refractivity contribution in [3.63, 3.8) is 0 Å². The Hall–Kier alpha value is -2.14. The molecule has 1 atom stereocenters. The van der Waals surface area contributed by atoms with Gasteiger partial charge in [-0.05, 0) is 30.0 Å². The molecule has 20 heavy (non-hydrogen) atoms. The number of ether oxygens (including phenoxy) is 1. The van der Waals surface area contributed by atoms with Gasteiger partial charge in [0, 0.05) is 0 Å². The molecule has 1 aromatic carbocycles. The number of benzene rings is 1. The highest BCUT2D eigenvalue weighted by Gasteiger charge is 2.03. The summed E-state index contributed by atoms with van der Waals surface area (Å²) in [6.07, 6.45) is 4.35. The summed E-state index contributed by atoms with van der Waals surface area (Å²) in [5, 5.41) is 0. The first-order valence-electron chi connectivity index (χ1n) is 6.73. The van der Waals surface area contributed by atoms with Gasteiger partial charge in [0.2, 0.25) is 0 Å². The molecule has 0 saturated heterocycles. The summed E-state index contributed by atoms with van der Waals surface area (Å²) in [6.45, 7) is 4.80. The summed E-state index contributed by atoms with van der Waals surface area (Å²) in [5.74, 6) is 7.17. The summed E-state index contributed by atoms with van der Waals surface area (Å²) < 4.78 is 5.68. The molecule has 0 spiro atoms. The molecule has 1 unspecified atom stereocenters. The molecule has 0 bridgehead atoms. The fourth-order valence-corrected chi connectivity index (χ4v) is 1.79. The number of nitrogens with zero attached hydrogens (tertiary/aromatic N) is 2. The molecule has 0 fully saturated rings. The van der Waals surface area contributed by atoms with E-state index in [1.807, 2.05) is 12.1 Å². The van der Waals surface area contributed by atoms with Crippen molar-refractivity contribution in [2.75, 3.05) is 5.43 Å². The lowest BCUT2D eigenvalue weighted by molar-refractivity contribution is 0.300. The zero-order chi connectivity index (χ0) is 14.4. The number of hydrogen-bond donors (Lipinski definition) is 2. The van der Waals surface area contributed by atoms with E-state index in [1.165, 1.54) is 5.56 Å². The van der Waals surface area contributed by atoms with Gasteiger partial charge in [-0.1, -0.05) is 26.0 Å². The summed E-state index contributed by atoms with van der Waals surface area (Å²) >= 11 is 0. The topological polar surface area (TPSA) is 73.1 Å². The lowest BCUT2D eigenvalue weighted by atomic mass is 9.99. The zero-order valence-electron chi connectivity index (χ0n) is 11.8. The summed E-state index contributed by atoms with van der Waals surface area (Å²) in [5.41, 5.74) is 4.53. The predicted molar refractivity (Wildman–Crippen MR) is 79.3 cm³/mol. The highest BCUT2D eigenvalue weighted by atomic mass is 16.5. The lowest BCUT2D eigenvalue weighted by Gasteiger charge is -2.10. The molecule has 5 nitrogen and oxygen atoms in total. The Kier molecular flexibility index (Phi) is 4.90. The molecule has 5 heteroatoms. The van der Waals surface area contributed by atoms with Crippen LogP contribution in [0.4, 0.5) is 5.82 Å². The first-order valence-corrected chi connectivity index (χ1v) is 6.73. The van der Waals surface area contributed by atoms with Crippen molar-refractivity contribution in [1.82, 2.24) is 9.97 Å². The van der Waals surface area contributed by atoms with Crippen LogP contribution >= 0.6 is 0 Å². The second-order valence-corrected chi connectivity index (χ2v) is 4.70. The molecule has 1 heterocycles. The molecule has 0 radical (unpaired) electrons. The van der Waals surface area contributed by atoms with Crippen LogP contribution in [0.25, 0.3) is 0 Å². The lowest BCUT2D eigenvalue weighted by Crippen LogP contribution is -2.09. The van der Waals surface area contributed by atoms with E-state index in [0.717, 1.165) is 17.9 Å². The summed E-state index contributed by atoms with van der Waals surface area (Å²) in [4.78, 5) is 8.27. The Morgan fingerprint density at radius 1 is 1.20 bits per heavy atom. The van der Waals surface area contributed by atoms with Crippen LogP contribution < -0.4 is 16.0 Å². The van der Waals surface area contributed by atoms with Crippen molar-refractivity contribution in [3.05, 3.63) is 47.9 Å². The van der Waals surface area contributed by atoms with E-state index in [0.29, 0.717) is 18.3 Å². The third-order valence-corrected chi connectivity index (χ3v) is 3.30. The molecule has 106 valence electrons. The number of nitrogens with two attached hydrogens (primary N) is 1. The van der Waals surface area contributed by atoms with Crippen LogP contribution in [0.15, 0.2) is 36.7 Å². The number of hydrazine groups is 1. The Balaban J connectivity index is 1.93. The van der Waals surface area contributed by atoms with Crippen molar-refractivity contribution in [2.45, 2.75) is 32.8 Å². The maximum Gasteiger partial charge on any atom is 0.158 e. The van der Waals surface area contributed by atoms with Gasteiger partial charge in [-0.2, -0.15) is 0 Å². The highest BCUT2D eigenvalue weighted by Crippen LogP contribution is 2.21. The minimum atomic E-state index is 0.389. The molecule has 3 N–H and O–H groups in total. The molecule has 2 rings (SSSR count). The van der Waals surface area contributed by atoms with Crippen molar-refractivity contribution in [2.24, 2.45) is 5.84 Å². The minimum Gasteiger partial charge on any atom is -0.487 e. The molecular weight excluding hydrogens is 252 g/mol. The van der Waals surface area contributed by atoms with E-state index in [1.54, 1.807) is 12.4 Å². The smallest absolute Gasteiger partial charge is 0.158 e. The molecule has 0 saturated carbocycles. The van der Waals surface area contributed by atoms with Gasteiger partial charge >= 0.3 is 0 Å². The van der Waals surface area contributed by atoms with Gasteiger partial charge < -0.3 is 10.2 Å². The van der Waals surface area contributed by atoms with Crippen molar-refractivity contribution in [1.29, 1.82) is 0 Å². The van der Waals surface area contributed by atoms with E-state index < -0.39 is 0 Å². The SMILES string of the molecule is CCC(C)c1ccc(OCc2cnc(NN)cn2)cc1. The number of aromatic nitrogens is 2. The second kappa shape index (κ2) is 6.86. The van der Waals surface area contributed by atoms with Gasteiger partial charge in [0.05, 0.1) is 18.1 Å². The average Bonchev–Trinajstić information content (AvgIpc) is 2.53. The Labute approximate surface area is 119 Å². The maximum atomic E-state index is 5.68. The van der Waals surface area contributed by atoms with Crippen molar-refractivity contribution >= 4 is 5.82 Å². The van der Waals surface area contributed by atoms with Crippen LogP contribution in [0.1, 0.15) is 37.4 Å². The van der Waals surface area contributed by atoms with Crippen LogP contribution in [0.5, 0.6) is 5.75 Å². The minimum absolute atomic E-state index is 0.389. The highest BCUT2D eigenvalue weighted by molar-refractivity contribution is 5.30. The van der Waals surface area contributed by atoms with Crippen LogP contribution in [-0.4, -0.2) is 9.97 Å². The molecule has 1 aromatic heterocycles. The van der Waals surface area contributed by atoms with Gasteiger partial charge in [0.15, 0.2) is 5.82 Å². The molecule has 0 aliphatic carbocycles. The first-order chi connectivity index (χ1) is 9.72. The van der Waals surface area contributed by atoms with Gasteiger partial charge in [-0.25, -0.2) is 10.8 Å². The molecule has 2 aromatic rings. The monoisotopic (exact) mass is 272 g/mol. The van der Waals surface area contributed by atoms with Gasteiger partial charge in [-0.3, -0.25) is 4.98 Å². The van der Waals surface area contributed by atoms with E-state index in [-0.39, 0.29) is 0 Å². The standard InChI is InChI=1S/C15H20N4O/c1-3-11(2)12-4-6-14(7-5-12)20-10-13-8-18-15(19-16)9-17-13/h4-9,11H,3,10,16H2,1-2H3,(H,18,19). The molecular formula is C15H20N4O. The van der Waals surface area contributed by atoms with E-state index in [4.69, 9.17) is 10.6 Å². The predicted octanol–water partition coefficient (Wildman–Crippen LogP) is 2.85. The summed E-state index contributed by atoms with van der Waals surface area (Å²) in [7, 11) is 0. The van der Waals surface area contributed by atoms with Crippen molar-refractivity contribution < 1.29 is 4.74 Å². The van der Waals surface area contributed by atoms with Gasteiger partial charge in [0.1, 0.15) is 12.4 Å². The molecule has 0 aliphatic heterocycles. The van der Waals surface area contributed by atoms with Crippen LogP contribution in [0, 0.1) is 0 Å². The Morgan fingerprint density at radius 2 is 1.95 bits per heavy atom. The fraction of sp³-hybridized carbons (Fsp3) is 0.333. The second-order valence-electron chi connectivity index (χ2n) is 4.70. The largest absolute Gasteiger partial charge is 0.487 e.